The zero-order valence-corrected chi connectivity index (χ0v) is 14.1. The van der Waals surface area contributed by atoms with Crippen LogP contribution in [-0.4, -0.2) is 49.8 Å². The van der Waals surface area contributed by atoms with Gasteiger partial charge in [-0.1, -0.05) is 11.6 Å². The highest BCUT2D eigenvalue weighted by Crippen LogP contribution is 2.18. The minimum Gasteiger partial charge on any atom is -0.496 e. The monoisotopic (exact) mass is 308 g/mol. The molecule has 1 heterocycles. The number of ether oxygens (including phenoxy) is 1. The summed E-state index contributed by atoms with van der Waals surface area (Å²) in [5.41, 5.74) is 2.59. The highest BCUT2D eigenvalue weighted by Gasteiger charge is 2.22. The van der Waals surface area contributed by atoms with Gasteiger partial charge in [0.25, 0.3) is 0 Å². The van der Waals surface area contributed by atoms with Crippen LogP contribution in [0.2, 0.25) is 0 Å². The molecule has 0 atom stereocenters. The Labute approximate surface area is 133 Å². The zero-order valence-electron chi connectivity index (χ0n) is 13.2. The Bertz CT molecular complexity index is 484. The lowest BCUT2D eigenvalue weighted by Gasteiger charge is -2.34. The minimum atomic E-state index is 0.893. The quantitative estimate of drug-likeness (QED) is 0.797. The molecule has 1 aliphatic heterocycles. The van der Waals surface area contributed by atoms with Crippen molar-refractivity contribution in [2.45, 2.75) is 20.4 Å². The third-order valence-electron chi connectivity index (χ3n) is 3.96. The Morgan fingerprint density at radius 3 is 2.71 bits per heavy atom. The smallest absolute Gasteiger partial charge is 0.169 e. The van der Waals surface area contributed by atoms with Crippen molar-refractivity contribution in [2.75, 3.05) is 39.8 Å². The Balaban J connectivity index is 1.92. The normalized spacial score (nSPS) is 15.9. The highest BCUT2D eigenvalue weighted by atomic mass is 32.1. The lowest BCUT2D eigenvalue weighted by atomic mass is 10.1. The molecule has 0 radical (unpaired) electrons. The van der Waals surface area contributed by atoms with Crippen LogP contribution < -0.4 is 15.0 Å². The molecule has 0 aliphatic carbocycles. The molecule has 1 fully saturated rings. The summed E-state index contributed by atoms with van der Waals surface area (Å²) in [6, 6.07) is 6.41. The first-order valence-electron chi connectivity index (χ1n) is 7.64. The Morgan fingerprint density at radius 2 is 2.10 bits per heavy atom. The second-order valence-corrected chi connectivity index (χ2v) is 5.95. The van der Waals surface area contributed by atoms with Crippen LogP contribution in [0.15, 0.2) is 18.2 Å². The lowest BCUT2D eigenvalue weighted by Crippen LogP contribution is -3.13. The summed E-state index contributed by atoms with van der Waals surface area (Å²) >= 11 is 5.38. The fourth-order valence-electron chi connectivity index (χ4n) is 2.78. The molecule has 1 aromatic rings. The maximum absolute atomic E-state index is 5.48. The van der Waals surface area contributed by atoms with E-state index in [2.05, 4.69) is 42.3 Å². The summed E-state index contributed by atoms with van der Waals surface area (Å²) in [7, 11) is 1.75. The molecule has 5 heteroatoms. The van der Waals surface area contributed by atoms with E-state index in [-0.39, 0.29) is 0 Å². The van der Waals surface area contributed by atoms with Gasteiger partial charge in [-0.3, -0.25) is 0 Å². The number of hydrogen-bond donors (Lipinski definition) is 2. The number of rotatable bonds is 4. The highest BCUT2D eigenvalue weighted by molar-refractivity contribution is 7.80. The lowest BCUT2D eigenvalue weighted by molar-refractivity contribution is -0.917. The van der Waals surface area contributed by atoms with Crippen LogP contribution in [0.1, 0.15) is 18.1 Å². The van der Waals surface area contributed by atoms with Gasteiger partial charge in [-0.05, 0) is 38.2 Å². The number of methoxy groups -OCH3 is 1. The van der Waals surface area contributed by atoms with E-state index in [1.165, 1.54) is 11.1 Å². The van der Waals surface area contributed by atoms with E-state index in [0.717, 1.165) is 50.1 Å². The van der Waals surface area contributed by atoms with Crippen LogP contribution in [0, 0.1) is 6.92 Å². The Hall–Kier alpha value is -1.33. The van der Waals surface area contributed by atoms with Crippen molar-refractivity contribution >= 4 is 17.3 Å². The fraction of sp³-hybridized carbons (Fsp3) is 0.562. The number of quaternary nitrogens is 1. The van der Waals surface area contributed by atoms with Gasteiger partial charge in [-0.2, -0.15) is 0 Å². The van der Waals surface area contributed by atoms with E-state index >= 15 is 0 Å². The molecule has 0 aromatic heterocycles. The van der Waals surface area contributed by atoms with Crippen molar-refractivity contribution in [3.05, 3.63) is 29.3 Å². The minimum absolute atomic E-state index is 0.893. The van der Waals surface area contributed by atoms with Crippen LogP contribution in [0.4, 0.5) is 0 Å². The van der Waals surface area contributed by atoms with Crippen LogP contribution in [-0.2, 0) is 6.54 Å². The molecule has 4 nitrogen and oxygen atoms in total. The van der Waals surface area contributed by atoms with Gasteiger partial charge < -0.3 is 19.9 Å². The second-order valence-electron chi connectivity index (χ2n) is 5.56. The van der Waals surface area contributed by atoms with E-state index in [4.69, 9.17) is 17.0 Å². The molecule has 1 saturated heterocycles. The molecule has 1 aliphatic rings. The van der Waals surface area contributed by atoms with Gasteiger partial charge in [0.15, 0.2) is 5.11 Å². The van der Waals surface area contributed by atoms with Gasteiger partial charge in [0.05, 0.1) is 33.3 Å². The van der Waals surface area contributed by atoms with E-state index in [1.54, 1.807) is 12.0 Å². The molecule has 116 valence electrons. The maximum Gasteiger partial charge on any atom is 0.169 e. The van der Waals surface area contributed by atoms with Crippen LogP contribution >= 0.6 is 12.2 Å². The topological polar surface area (TPSA) is 28.9 Å². The van der Waals surface area contributed by atoms with Crippen molar-refractivity contribution in [3.8, 4) is 5.75 Å². The Kier molecular flexibility index (Phi) is 5.82. The molecule has 2 rings (SSSR count). The van der Waals surface area contributed by atoms with Gasteiger partial charge in [0.2, 0.25) is 0 Å². The number of nitrogens with one attached hydrogen (secondary N) is 2. The zero-order chi connectivity index (χ0) is 15.2. The summed E-state index contributed by atoms with van der Waals surface area (Å²) in [6.45, 7) is 10.4. The standard InChI is InChI=1S/C16H25N3OS/c1-4-17-16(21)19-9-7-18(8-10-19)12-14-11-13(2)5-6-15(14)20-3/h5-6,11H,4,7-10,12H2,1-3H3,(H,17,21)/p+1. The first-order valence-corrected chi connectivity index (χ1v) is 8.04. The third kappa shape index (κ3) is 4.32. The first kappa shape index (κ1) is 16.0. The van der Waals surface area contributed by atoms with Crippen molar-refractivity contribution in [3.63, 3.8) is 0 Å². The van der Waals surface area contributed by atoms with Gasteiger partial charge >= 0.3 is 0 Å². The Morgan fingerprint density at radius 1 is 1.38 bits per heavy atom. The van der Waals surface area contributed by atoms with Gasteiger partial charge in [0.1, 0.15) is 12.3 Å². The van der Waals surface area contributed by atoms with E-state index in [9.17, 15) is 0 Å². The number of thiocarbonyl (C=S) groups is 1. The SMILES string of the molecule is CCNC(=S)N1CC[NH+](Cc2cc(C)ccc2OC)CC1. The molecule has 0 spiro atoms. The number of benzene rings is 1. The first-order chi connectivity index (χ1) is 10.1. The van der Waals surface area contributed by atoms with Crippen molar-refractivity contribution in [2.24, 2.45) is 0 Å². The maximum atomic E-state index is 5.48. The fourth-order valence-corrected chi connectivity index (χ4v) is 3.11. The van der Waals surface area contributed by atoms with Crippen molar-refractivity contribution in [1.82, 2.24) is 10.2 Å². The van der Waals surface area contributed by atoms with E-state index < -0.39 is 0 Å². The van der Waals surface area contributed by atoms with Crippen molar-refractivity contribution in [1.29, 1.82) is 0 Å². The number of aryl methyl sites for hydroxylation is 1. The largest absolute Gasteiger partial charge is 0.496 e. The molecule has 2 N–H and O–H groups in total. The molecule has 1 aromatic carbocycles. The molecule has 0 saturated carbocycles. The van der Waals surface area contributed by atoms with Gasteiger partial charge in [-0.15, -0.1) is 0 Å². The summed E-state index contributed by atoms with van der Waals surface area (Å²) in [5.74, 6) is 0.999. The summed E-state index contributed by atoms with van der Waals surface area (Å²) < 4.78 is 5.48. The summed E-state index contributed by atoms with van der Waals surface area (Å²) in [6.07, 6.45) is 0. The van der Waals surface area contributed by atoms with E-state index in [1.807, 2.05) is 0 Å². The molecular weight excluding hydrogens is 282 g/mol. The average Bonchev–Trinajstić information content (AvgIpc) is 2.48. The van der Waals surface area contributed by atoms with Crippen LogP contribution in [0.3, 0.4) is 0 Å². The van der Waals surface area contributed by atoms with Crippen LogP contribution in [0.25, 0.3) is 0 Å². The third-order valence-corrected chi connectivity index (χ3v) is 4.36. The molecule has 21 heavy (non-hydrogen) atoms. The predicted octanol–water partition coefficient (Wildman–Crippen LogP) is 0.599. The van der Waals surface area contributed by atoms with Crippen molar-refractivity contribution < 1.29 is 9.64 Å². The predicted molar refractivity (Wildman–Crippen MR) is 90.0 cm³/mol. The van der Waals surface area contributed by atoms with Gasteiger partial charge in [0, 0.05) is 12.1 Å². The average molecular weight is 308 g/mol. The molecular formula is C16H26N3OS+. The molecule has 0 amide bonds. The van der Waals surface area contributed by atoms with E-state index in [0.29, 0.717) is 0 Å². The molecule has 0 bridgehead atoms. The summed E-state index contributed by atoms with van der Waals surface area (Å²) in [4.78, 5) is 3.87. The molecule has 0 unspecified atom stereocenters. The second kappa shape index (κ2) is 7.61. The number of nitrogens with zero attached hydrogens (tertiary/aromatic N) is 1. The van der Waals surface area contributed by atoms with Gasteiger partial charge in [-0.25, -0.2) is 0 Å². The summed E-state index contributed by atoms with van der Waals surface area (Å²) in [5, 5.41) is 4.13. The van der Waals surface area contributed by atoms with Crippen LogP contribution in [0.5, 0.6) is 5.75 Å². The number of hydrogen-bond acceptors (Lipinski definition) is 2. The number of piperazine rings is 1.